The molecule has 12 heteroatoms. The summed E-state index contributed by atoms with van der Waals surface area (Å²) in [6.07, 6.45) is -9.88. The molecule has 2 aromatic carbocycles. The molecule has 6 nitrogen and oxygen atoms in total. The topological polar surface area (TPSA) is 83.9 Å². The molecule has 3 rings (SSSR count). The maximum Gasteiger partial charge on any atom is 0.426 e. The first-order valence-electron chi connectivity index (χ1n) is 13.6. The van der Waals surface area contributed by atoms with Gasteiger partial charge < -0.3 is 9.84 Å². The second-order valence-corrected chi connectivity index (χ2v) is 10.4. The molecule has 0 saturated heterocycles. The summed E-state index contributed by atoms with van der Waals surface area (Å²) in [5.74, 6) is 1.50. The summed E-state index contributed by atoms with van der Waals surface area (Å²) in [6, 6.07) is 11.2. The SMILES string of the molecule is CCC(CC)(c1ccc(CCC(O)(C(F)(F)F)C(F)(F)F)c(C)c1)c1ccc(OCCCCc2nnn[nH]2)c(C)c1. The Morgan fingerprint density at radius 2 is 1.44 bits per heavy atom. The lowest BCUT2D eigenvalue weighted by molar-refractivity contribution is -0.369. The molecule has 0 aliphatic carbocycles. The Labute approximate surface area is 235 Å². The van der Waals surface area contributed by atoms with Crippen LogP contribution in [0.1, 0.15) is 79.6 Å². The summed E-state index contributed by atoms with van der Waals surface area (Å²) in [6.45, 7) is 8.25. The van der Waals surface area contributed by atoms with Crippen molar-refractivity contribution in [2.45, 2.75) is 96.0 Å². The van der Waals surface area contributed by atoms with Gasteiger partial charge in [-0.15, -0.1) is 5.10 Å². The highest BCUT2D eigenvalue weighted by molar-refractivity contribution is 5.47. The Hall–Kier alpha value is -3.15. The van der Waals surface area contributed by atoms with Crippen LogP contribution in [0.25, 0.3) is 0 Å². The Bertz CT molecular complexity index is 1260. The van der Waals surface area contributed by atoms with Crippen molar-refractivity contribution >= 4 is 0 Å². The quantitative estimate of drug-likeness (QED) is 0.165. The number of halogens is 6. The fourth-order valence-corrected chi connectivity index (χ4v) is 5.24. The van der Waals surface area contributed by atoms with E-state index in [2.05, 4.69) is 26.7 Å². The summed E-state index contributed by atoms with van der Waals surface area (Å²) >= 11 is 0. The molecule has 0 radical (unpaired) electrons. The van der Waals surface area contributed by atoms with E-state index in [1.807, 2.05) is 39.0 Å². The lowest BCUT2D eigenvalue weighted by atomic mass is 9.69. The van der Waals surface area contributed by atoms with Gasteiger partial charge in [-0.25, -0.2) is 5.10 Å². The molecule has 2 N–H and O–H groups in total. The van der Waals surface area contributed by atoms with Gasteiger partial charge in [0.1, 0.15) is 11.6 Å². The number of nitrogens with one attached hydrogen (secondary N) is 1. The largest absolute Gasteiger partial charge is 0.493 e. The standard InChI is InChI=1S/C29H36F6N4O2/c1-5-26(6-2,23-12-13-24(20(4)18-23)41-16-8-7-9-25-36-38-39-37-25)22-11-10-21(19(3)17-22)14-15-27(40,28(30,31)32)29(33,34)35/h10-13,17-18,40H,5-9,14-16H2,1-4H3,(H,36,37,38,39). The van der Waals surface area contributed by atoms with Crippen LogP contribution in [-0.4, -0.2) is 50.3 Å². The number of hydrogen-bond donors (Lipinski definition) is 2. The van der Waals surface area contributed by atoms with Crippen molar-refractivity contribution in [1.29, 1.82) is 0 Å². The van der Waals surface area contributed by atoms with Gasteiger partial charge in [0, 0.05) is 11.8 Å². The smallest absolute Gasteiger partial charge is 0.426 e. The molecule has 0 aliphatic heterocycles. The predicted molar refractivity (Wildman–Crippen MR) is 142 cm³/mol. The second-order valence-electron chi connectivity index (χ2n) is 10.4. The molecule has 1 heterocycles. The molecule has 0 bridgehead atoms. The van der Waals surface area contributed by atoms with Crippen molar-refractivity contribution in [3.05, 3.63) is 70.0 Å². The number of aryl methyl sites for hydroxylation is 4. The van der Waals surface area contributed by atoms with Crippen LogP contribution in [0.3, 0.4) is 0 Å². The first-order valence-corrected chi connectivity index (χ1v) is 13.6. The van der Waals surface area contributed by atoms with E-state index in [0.29, 0.717) is 17.7 Å². The lowest BCUT2D eigenvalue weighted by Crippen LogP contribution is -2.57. The maximum atomic E-state index is 13.1. The van der Waals surface area contributed by atoms with E-state index in [-0.39, 0.29) is 0 Å². The van der Waals surface area contributed by atoms with E-state index in [9.17, 15) is 31.4 Å². The fraction of sp³-hybridized carbons (Fsp3) is 0.552. The molecule has 0 atom stereocenters. The zero-order valence-corrected chi connectivity index (χ0v) is 23.6. The minimum atomic E-state index is -5.83. The molecule has 1 aromatic heterocycles. The number of nitrogens with zero attached hydrogens (tertiary/aromatic N) is 3. The summed E-state index contributed by atoms with van der Waals surface area (Å²) in [4.78, 5) is 0. The van der Waals surface area contributed by atoms with Crippen LogP contribution in [0.2, 0.25) is 0 Å². The molecule has 0 saturated carbocycles. The van der Waals surface area contributed by atoms with Crippen molar-refractivity contribution in [2.75, 3.05) is 6.61 Å². The number of H-pyrrole nitrogens is 1. The van der Waals surface area contributed by atoms with Crippen molar-refractivity contribution in [2.24, 2.45) is 0 Å². The van der Waals surface area contributed by atoms with Gasteiger partial charge in [-0.2, -0.15) is 26.3 Å². The minimum absolute atomic E-state index is 0.321. The Kier molecular flexibility index (Phi) is 10.1. The molecular weight excluding hydrogens is 550 g/mol. The molecule has 0 amide bonds. The van der Waals surface area contributed by atoms with Crippen molar-refractivity contribution in [3.8, 4) is 5.75 Å². The highest BCUT2D eigenvalue weighted by Crippen LogP contribution is 2.46. The van der Waals surface area contributed by atoms with Crippen molar-refractivity contribution in [1.82, 2.24) is 20.6 Å². The fourth-order valence-electron chi connectivity index (χ4n) is 5.24. The number of ether oxygens (including phenoxy) is 1. The van der Waals surface area contributed by atoms with Crippen LogP contribution in [0, 0.1) is 13.8 Å². The third kappa shape index (κ3) is 7.02. The summed E-state index contributed by atoms with van der Waals surface area (Å²) in [7, 11) is 0. The Morgan fingerprint density at radius 1 is 0.829 bits per heavy atom. The van der Waals surface area contributed by atoms with Gasteiger partial charge in [-0.1, -0.05) is 44.2 Å². The molecule has 41 heavy (non-hydrogen) atoms. The number of aromatic amines is 1. The monoisotopic (exact) mass is 586 g/mol. The first-order chi connectivity index (χ1) is 19.2. The van der Waals surface area contributed by atoms with Gasteiger partial charge in [0.15, 0.2) is 0 Å². The molecule has 0 unspecified atom stereocenters. The van der Waals surface area contributed by atoms with Crippen LogP contribution in [-0.2, 0) is 18.3 Å². The van der Waals surface area contributed by atoms with Gasteiger partial charge in [-0.05, 0) is 96.7 Å². The van der Waals surface area contributed by atoms with Gasteiger partial charge in [0.05, 0.1) is 6.61 Å². The van der Waals surface area contributed by atoms with E-state index in [1.54, 1.807) is 19.1 Å². The average Bonchev–Trinajstić information content (AvgIpc) is 3.42. The van der Waals surface area contributed by atoms with Crippen LogP contribution >= 0.6 is 0 Å². The third-order valence-corrected chi connectivity index (χ3v) is 7.98. The first kappa shape index (κ1) is 32.4. The third-order valence-electron chi connectivity index (χ3n) is 7.98. The number of unbranched alkanes of at least 4 members (excludes halogenated alkanes) is 1. The van der Waals surface area contributed by atoms with Crippen LogP contribution in [0.4, 0.5) is 26.3 Å². The zero-order chi connectivity index (χ0) is 30.5. The molecule has 0 fully saturated rings. The number of aromatic nitrogens is 4. The van der Waals surface area contributed by atoms with E-state index in [4.69, 9.17) is 4.74 Å². The van der Waals surface area contributed by atoms with E-state index in [1.165, 1.54) is 0 Å². The van der Waals surface area contributed by atoms with Crippen LogP contribution < -0.4 is 4.74 Å². The van der Waals surface area contributed by atoms with Gasteiger partial charge in [0.2, 0.25) is 0 Å². The summed E-state index contributed by atoms with van der Waals surface area (Å²) in [5, 5.41) is 23.2. The molecule has 0 aliphatic rings. The molecule has 0 spiro atoms. The molecule has 226 valence electrons. The number of tetrazole rings is 1. The number of rotatable bonds is 13. The Balaban J connectivity index is 1.75. The Morgan fingerprint density at radius 3 is 1.95 bits per heavy atom. The number of benzene rings is 2. The van der Waals surface area contributed by atoms with Crippen LogP contribution in [0.5, 0.6) is 5.75 Å². The van der Waals surface area contributed by atoms with Crippen molar-refractivity contribution < 1.29 is 36.2 Å². The zero-order valence-electron chi connectivity index (χ0n) is 23.6. The lowest BCUT2D eigenvalue weighted by Gasteiger charge is -2.35. The molecule has 3 aromatic rings. The summed E-state index contributed by atoms with van der Waals surface area (Å²) < 4.78 is 84.8. The van der Waals surface area contributed by atoms with E-state index in [0.717, 1.165) is 60.4 Å². The highest BCUT2D eigenvalue weighted by Gasteiger charge is 2.69. The normalized spacial score (nSPS) is 13.0. The van der Waals surface area contributed by atoms with E-state index < -0.39 is 36.2 Å². The van der Waals surface area contributed by atoms with Crippen molar-refractivity contribution in [3.63, 3.8) is 0 Å². The molecular formula is C29H36F6N4O2. The van der Waals surface area contributed by atoms with E-state index >= 15 is 0 Å². The predicted octanol–water partition coefficient (Wildman–Crippen LogP) is 7.11. The minimum Gasteiger partial charge on any atom is -0.493 e. The second kappa shape index (κ2) is 12.8. The average molecular weight is 587 g/mol. The maximum absolute atomic E-state index is 13.1. The highest BCUT2D eigenvalue weighted by atomic mass is 19.4. The number of aliphatic hydroxyl groups is 1. The van der Waals surface area contributed by atoms with Gasteiger partial charge in [0.25, 0.3) is 5.60 Å². The van der Waals surface area contributed by atoms with Gasteiger partial charge >= 0.3 is 12.4 Å². The van der Waals surface area contributed by atoms with Gasteiger partial charge in [-0.3, -0.25) is 0 Å². The van der Waals surface area contributed by atoms with Crippen LogP contribution in [0.15, 0.2) is 36.4 Å². The summed E-state index contributed by atoms with van der Waals surface area (Å²) in [5.41, 5.74) is -1.38. The number of hydrogen-bond acceptors (Lipinski definition) is 5. The number of alkyl halides is 6.